The average Bonchev–Trinajstić information content (AvgIpc) is 2.71. The third kappa shape index (κ3) is 3.02. The summed E-state index contributed by atoms with van der Waals surface area (Å²) < 4.78 is 0. The van der Waals surface area contributed by atoms with E-state index in [0.29, 0.717) is 19.0 Å². The van der Waals surface area contributed by atoms with Crippen LogP contribution >= 0.6 is 0 Å². The molecule has 2 aliphatic heterocycles. The zero-order valence-corrected chi connectivity index (χ0v) is 11.1. The molecule has 0 bridgehead atoms. The zero-order valence-electron chi connectivity index (χ0n) is 11.1. The number of piperidine rings is 1. The Hall–Kier alpha value is -1.10. The summed E-state index contributed by atoms with van der Waals surface area (Å²) >= 11 is 0. The second-order valence-corrected chi connectivity index (χ2v) is 5.19. The summed E-state index contributed by atoms with van der Waals surface area (Å²) in [6, 6.07) is 0.468. The van der Waals surface area contributed by atoms with Gasteiger partial charge in [-0.2, -0.15) is 0 Å². The van der Waals surface area contributed by atoms with Gasteiger partial charge in [0, 0.05) is 31.6 Å². The Balaban J connectivity index is 1.79. The van der Waals surface area contributed by atoms with Crippen molar-refractivity contribution in [3.8, 4) is 0 Å². The molecule has 102 valence electrons. The molecule has 0 aromatic rings. The fourth-order valence-corrected chi connectivity index (χ4v) is 2.89. The minimum absolute atomic E-state index is 0.0264. The highest BCUT2D eigenvalue weighted by atomic mass is 16.2. The predicted molar refractivity (Wildman–Crippen MR) is 69.1 cm³/mol. The maximum absolute atomic E-state index is 11.8. The van der Waals surface area contributed by atoms with Crippen LogP contribution in [0.5, 0.6) is 0 Å². The van der Waals surface area contributed by atoms with Crippen molar-refractivity contribution in [3.05, 3.63) is 0 Å². The first-order valence-electron chi connectivity index (χ1n) is 7.02. The van der Waals surface area contributed by atoms with E-state index >= 15 is 0 Å². The molecule has 2 aliphatic rings. The number of carbonyl (C=O) groups excluding carboxylic acids is 2. The molecule has 0 radical (unpaired) electrons. The van der Waals surface area contributed by atoms with E-state index in [1.165, 1.54) is 6.42 Å². The van der Waals surface area contributed by atoms with Crippen LogP contribution in [0.25, 0.3) is 0 Å². The van der Waals surface area contributed by atoms with Gasteiger partial charge in [0.15, 0.2) is 0 Å². The summed E-state index contributed by atoms with van der Waals surface area (Å²) in [6.45, 7) is 3.97. The van der Waals surface area contributed by atoms with Crippen LogP contribution in [0.2, 0.25) is 0 Å². The number of hydrogen-bond donors (Lipinski definition) is 2. The van der Waals surface area contributed by atoms with Crippen LogP contribution in [0.15, 0.2) is 0 Å². The van der Waals surface area contributed by atoms with Crippen LogP contribution in [0, 0.1) is 0 Å². The Kier molecular flexibility index (Phi) is 4.58. The molecule has 2 unspecified atom stereocenters. The maximum Gasteiger partial charge on any atom is 0.233 e. The number of fused-ring (bicyclic) bond motifs is 1. The van der Waals surface area contributed by atoms with Gasteiger partial charge < -0.3 is 15.5 Å². The molecule has 2 amide bonds. The molecule has 0 aliphatic carbocycles. The highest BCUT2D eigenvalue weighted by molar-refractivity contribution is 5.81. The highest BCUT2D eigenvalue weighted by Gasteiger charge is 2.40. The fourth-order valence-electron chi connectivity index (χ4n) is 2.89. The summed E-state index contributed by atoms with van der Waals surface area (Å²) in [5.74, 6) is 0.268. The second kappa shape index (κ2) is 6.18. The van der Waals surface area contributed by atoms with E-state index in [2.05, 4.69) is 10.6 Å². The van der Waals surface area contributed by atoms with E-state index in [9.17, 15) is 9.59 Å². The molecule has 0 aromatic heterocycles. The van der Waals surface area contributed by atoms with Gasteiger partial charge >= 0.3 is 0 Å². The highest BCUT2D eigenvalue weighted by Crippen LogP contribution is 2.27. The van der Waals surface area contributed by atoms with Gasteiger partial charge in [0.25, 0.3) is 0 Å². The van der Waals surface area contributed by atoms with Gasteiger partial charge in [0.1, 0.15) is 0 Å². The molecule has 2 rings (SSSR count). The third-order valence-electron chi connectivity index (χ3n) is 3.83. The van der Waals surface area contributed by atoms with Gasteiger partial charge in [-0.25, -0.2) is 0 Å². The van der Waals surface area contributed by atoms with Crippen LogP contribution < -0.4 is 10.6 Å². The molecule has 2 fully saturated rings. The smallest absolute Gasteiger partial charge is 0.233 e. The Bertz CT molecular complexity index is 319. The Labute approximate surface area is 108 Å². The first kappa shape index (κ1) is 13.3. The number of rotatable bonds is 5. The minimum atomic E-state index is 0.0264. The van der Waals surface area contributed by atoms with E-state index < -0.39 is 0 Å². The lowest BCUT2D eigenvalue weighted by Gasteiger charge is -2.32. The lowest BCUT2D eigenvalue weighted by Crippen LogP contribution is -2.48. The van der Waals surface area contributed by atoms with Crippen molar-refractivity contribution in [2.75, 3.05) is 19.6 Å². The Morgan fingerprint density at radius 1 is 1.44 bits per heavy atom. The molecule has 2 saturated heterocycles. The molecule has 18 heavy (non-hydrogen) atoms. The zero-order chi connectivity index (χ0) is 13.0. The topological polar surface area (TPSA) is 61.4 Å². The number of nitrogens with zero attached hydrogens (tertiary/aromatic N) is 1. The molecular formula is C13H23N3O2. The Morgan fingerprint density at radius 2 is 2.28 bits per heavy atom. The third-order valence-corrected chi connectivity index (χ3v) is 3.83. The predicted octanol–water partition coefficient (Wildman–Crippen LogP) is 0.256. The maximum atomic E-state index is 11.8. The van der Waals surface area contributed by atoms with Crippen molar-refractivity contribution in [2.45, 2.75) is 51.1 Å². The van der Waals surface area contributed by atoms with Crippen molar-refractivity contribution >= 4 is 11.8 Å². The van der Waals surface area contributed by atoms with E-state index in [1.807, 2.05) is 11.8 Å². The number of nitrogens with one attached hydrogen (secondary N) is 2. The summed E-state index contributed by atoms with van der Waals surface area (Å²) in [5.41, 5.74) is 0. The van der Waals surface area contributed by atoms with Gasteiger partial charge in [-0.05, 0) is 25.7 Å². The van der Waals surface area contributed by atoms with Crippen molar-refractivity contribution in [1.29, 1.82) is 0 Å². The van der Waals surface area contributed by atoms with Gasteiger partial charge in [0.2, 0.25) is 11.8 Å². The molecule has 2 N–H and O–H groups in total. The quantitative estimate of drug-likeness (QED) is 0.738. The molecular weight excluding hydrogens is 230 g/mol. The fraction of sp³-hybridized carbons (Fsp3) is 0.846. The first-order valence-corrected chi connectivity index (χ1v) is 7.02. The molecule has 2 heterocycles. The summed E-state index contributed by atoms with van der Waals surface area (Å²) in [6.07, 6.45) is 4.87. The van der Waals surface area contributed by atoms with E-state index in [-0.39, 0.29) is 17.9 Å². The minimum Gasteiger partial charge on any atom is -0.355 e. The van der Waals surface area contributed by atoms with E-state index in [1.54, 1.807) is 0 Å². The number of amides is 2. The van der Waals surface area contributed by atoms with Crippen LogP contribution in [-0.4, -0.2) is 48.4 Å². The van der Waals surface area contributed by atoms with Crippen molar-refractivity contribution in [1.82, 2.24) is 15.5 Å². The standard InChI is InChI=1S/C13H23N3O2/c1-2-6-14-12(17)9-15-10-8-13(18)16-7-4-3-5-11(10)16/h10-11,15H,2-9H2,1H3,(H,14,17). The van der Waals surface area contributed by atoms with Crippen LogP contribution in [-0.2, 0) is 9.59 Å². The van der Waals surface area contributed by atoms with Crippen LogP contribution in [0.3, 0.4) is 0 Å². The Morgan fingerprint density at radius 3 is 3.06 bits per heavy atom. The molecule has 0 saturated carbocycles. The second-order valence-electron chi connectivity index (χ2n) is 5.19. The molecule has 5 nitrogen and oxygen atoms in total. The molecule has 5 heteroatoms. The first-order chi connectivity index (χ1) is 8.72. The molecule has 0 spiro atoms. The van der Waals surface area contributed by atoms with E-state index in [4.69, 9.17) is 0 Å². The van der Waals surface area contributed by atoms with Gasteiger partial charge in [-0.1, -0.05) is 6.92 Å². The van der Waals surface area contributed by atoms with Gasteiger partial charge in [0.05, 0.1) is 6.54 Å². The average molecular weight is 253 g/mol. The summed E-state index contributed by atoms with van der Waals surface area (Å²) in [5, 5.41) is 6.08. The number of carbonyl (C=O) groups is 2. The summed E-state index contributed by atoms with van der Waals surface area (Å²) in [4.78, 5) is 25.3. The van der Waals surface area contributed by atoms with E-state index in [0.717, 1.165) is 32.4 Å². The normalized spacial score (nSPS) is 27.2. The lowest BCUT2D eigenvalue weighted by molar-refractivity contribution is -0.129. The largest absolute Gasteiger partial charge is 0.355 e. The van der Waals surface area contributed by atoms with Gasteiger partial charge in [-0.15, -0.1) is 0 Å². The summed E-state index contributed by atoms with van der Waals surface area (Å²) in [7, 11) is 0. The van der Waals surface area contributed by atoms with Crippen LogP contribution in [0.1, 0.15) is 39.0 Å². The monoisotopic (exact) mass is 253 g/mol. The van der Waals surface area contributed by atoms with Crippen molar-refractivity contribution in [3.63, 3.8) is 0 Å². The molecule has 2 atom stereocenters. The van der Waals surface area contributed by atoms with Gasteiger partial charge in [-0.3, -0.25) is 9.59 Å². The molecule has 0 aromatic carbocycles. The van der Waals surface area contributed by atoms with Crippen LogP contribution in [0.4, 0.5) is 0 Å². The van der Waals surface area contributed by atoms with Crippen molar-refractivity contribution in [2.24, 2.45) is 0 Å². The number of hydrogen-bond acceptors (Lipinski definition) is 3. The SMILES string of the molecule is CCCNC(=O)CNC1CC(=O)N2CCCCC12. The van der Waals surface area contributed by atoms with Crippen molar-refractivity contribution < 1.29 is 9.59 Å². The lowest BCUT2D eigenvalue weighted by atomic mass is 9.99.